The average Bonchev–Trinajstić information content (AvgIpc) is 2.95. The number of aryl methyl sites for hydroxylation is 2. The molecule has 214 valence electrons. The van der Waals surface area contributed by atoms with Crippen molar-refractivity contribution in [2.75, 3.05) is 23.7 Å². The molecule has 0 aliphatic carbocycles. The Morgan fingerprint density at radius 1 is 0.421 bits per heavy atom. The van der Waals surface area contributed by atoms with Gasteiger partial charge >= 0.3 is 0 Å². The van der Waals surface area contributed by atoms with E-state index >= 15 is 0 Å². The minimum atomic E-state index is 1.09. The second-order valence-electron chi connectivity index (χ2n) is 11.2. The second kappa shape index (κ2) is 22.8. The third-order valence-corrected chi connectivity index (χ3v) is 7.58. The van der Waals surface area contributed by atoms with Crippen LogP contribution in [0.5, 0.6) is 0 Å². The lowest BCUT2D eigenvalue weighted by Gasteiger charge is -2.06. The number of aromatic nitrogens is 2. The summed E-state index contributed by atoms with van der Waals surface area (Å²) < 4.78 is 4.66. The molecule has 0 unspecified atom stereocenters. The number of unbranched alkanes of at least 4 members (excludes halogenated alkanes) is 15. The molecule has 2 heterocycles. The van der Waals surface area contributed by atoms with Crippen LogP contribution in [0.2, 0.25) is 0 Å². The minimum Gasteiger partial charge on any atom is -0.385 e. The Labute approximate surface area is 235 Å². The lowest BCUT2D eigenvalue weighted by atomic mass is 10.1. The van der Waals surface area contributed by atoms with E-state index in [0.717, 1.165) is 26.2 Å². The van der Waals surface area contributed by atoms with Gasteiger partial charge in [-0.2, -0.15) is 0 Å². The van der Waals surface area contributed by atoms with Crippen LogP contribution in [0.25, 0.3) is 0 Å². The first-order chi connectivity index (χ1) is 18.8. The largest absolute Gasteiger partial charge is 0.385 e. The highest BCUT2D eigenvalue weighted by Crippen LogP contribution is 2.10. The molecule has 0 aromatic carbocycles. The first-order valence-electron chi connectivity index (χ1n) is 16.3. The van der Waals surface area contributed by atoms with Crippen molar-refractivity contribution in [1.29, 1.82) is 0 Å². The number of nitrogens with one attached hydrogen (secondary N) is 2. The molecule has 4 heteroatoms. The van der Waals surface area contributed by atoms with Crippen molar-refractivity contribution in [1.82, 2.24) is 0 Å². The predicted octanol–water partition coefficient (Wildman–Crippen LogP) is 8.85. The number of rotatable bonds is 25. The maximum Gasteiger partial charge on any atom is 0.170 e. The van der Waals surface area contributed by atoms with Gasteiger partial charge in [-0.05, 0) is 25.7 Å². The molecular weight excluding hydrogens is 464 g/mol. The van der Waals surface area contributed by atoms with Gasteiger partial charge in [0.05, 0.1) is 0 Å². The van der Waals surface area contributed by atoms with Crippen molar-refractivity contribution < 1.29 is 9.13 Å². The van der Waals surface area contributed by atoms with Crippen LogP contribution < -0.4 is 19.8 Å². The van der Waals surface area contributed by atoms with E-state index < -0.39 is 0 Å². The smallest absolute Gasteiger partial charge is 0.170 e. The zero-order valence-electron chi connectivity index (χ0n) is 25.1. The van der Waals surface area contributed by atoms with Crippen LogP contribution in [0.3, 0.4) is 0 Å². The standard InChI is InChI=1S/C34H58N4/c1-3-5-7-9-13-17-25-35-33-21-29-37(30-22-33)27-19-15-11-12-16-20-28-38-31-23-34(24-32-38)36-26-18-14-10-8-6-4-2/h21-24,29-32H,3-20,25-28H2,1-2H3/p+2. The molecule has 0 amide bonds. The van der Waals surface area contributed by atoms with Crippen molar-refractivity contribution in [3.8, 4) is 0 Å². The number of hydrogen-bond donors (Lipinski definition) is 2. The number of nitrogens with zero attached hydrogens (tertiary/aromatic N) is 2. The van der Waals surface area contributed by atoms with Gasteiger partial charge in [-0.1, -0.05) is 90.9 Å². The van der Waals surface area contributed by atoms with Crippen molar-refractivity contribution in [3.63, 3.8) is 0 Å². The van der Waals surface area contributed by atoms with Crippen LogP contribution in [0.15, 0.2) is 49.1 Å². The van der Waals surface area contributed by atoms with E-state index in [2.05, 4.69) is 82.7 Å². The Hall–Kier alpha value is -2.10. The van der Waals surface area contributed by atoms with E-state index in [1.165, 1.54) is 127 Å². The summed E-state index contributed by atoms with van der Waals surface area (Å²) in [5.74, 6) is 0. The summed E-state index contributed by atoms with van der Waals surface area (Å²) in [6, 6.07) is 8.92. The number of anilines is 2. The van der Waals surface area contributed by atoms with E-state index in [-0.39, 0.29) is 0 Å². The van der Waals surface area contributed by atoms with Crippen LogP contribution in [0, 0.1) is 0 Å². The molecule has 0 aliphatic rings. The highest BCUT2D eigenvalue weighted by molar-refractivity contribution is 5.40. The first-order valence-corrected chi connectivity index (χ1v) is 16.3. The molecule has 0 bridgehead atoms. The fourth-order valence-corrected chi connectivity index (χ4v) is 5.02. The molecule has 0 radical (unpaired) electrons. The van der Waals surface area contributed by atoms with Crippen molar-refractivity contribution in [2.45, 2.75) is 143 Å². The van der Waals surface area contributed by atoms with Crippen LogP contribution in [0.1, 0.15) is 129 Å². The molecular formula is C34H60N4+2. The maximum atomic E-state index is 3.57. The molecule has 0 spiro atoms. The highest BCUT2D eigenvalue weighted by Gasteiger charge is 2.03. The topological polar surface area (TPSA) is 31.8 Å². The predicted molar refractivity (Wildman–Crippen MR) is 165 cm³/mol. The Kier molecular flexibility index (Phi) is 19.3. The summed E-state index contributed by atoms with van der Waals surface area (Å²) in [4.78, 5) is 0. The van der Waals surface area contributed by atoms with Gasteiger partial charge in [-0.3, -0.25) is 0 Å². The Bertz CT molecular complexity index is 705. The third kappa shape index (κ3) is 16.7. The van der Waals surface area contributed by atoms with Crippen molar-refractivity contribution in [2.24, 2.45) is 0 Å². The van der Waals surface area contributed by atoms with Crippen LogP contribution >= 0.6 is 0 Å². The molecule has 0 saturated carbocycles. The van der Waals surface area contributed by atoms with E-state index in [4.69, 9.17) is 0 Å². The zero-order valence-corrected chi connectivity index (χ0v) is 25.1. The molecule has 2 N–H and O–H groups in total. The number of hydrogen-bond acceptors (Lipinski definition) is 2. The average molecular weight is 525 g/mol. The summed E-state index contributed by atoms with van der Waals surface area (Å²) >= 11 is 0. The maximum absolute atomic E-state index is 3.57. The van der Waals surface area contributed by atoms with Gasteiger partial charge in [0.1, 0.15) is 13.1 Å². The molecule has 2 aromatic heterocycles. The third-order valence-electron chi connectivity index (χ3n) is 7.58. The lowest BCUT2D eigenvalue weighted by Crippen LogP contribution is -2.32. The molecule has 2 rings (SSSR count). The van der Waals surface area contributed by atoms with Gasteiger partial charge in [0.15, 0.2) is 24.8 Å². The molecule has 0 fully saturated rings. The van der Waals surface area contributed by atoms with Gasteiger partial charge in [-0.15, -0.1) is 0 Å². The first kappa shape index (κ1) is 32.1. The van der Waals surface area contributed by atoms with Crippen molar-refractivity contribution >= 4 is 11.4 Å². The van der Waals surface area contributed by atoms with Gasteiger partial charge < -0.3 is 10.6 Å². The Morgan fingerprint density at radius 2 is 0.737 bits per heavy atom. The molecule has 0 saturated heterocycles. The molecule has 38 heavy (non-hydrogen) atoms. The summed E-state index contributed by atoms with van der Waals surface area (Å²) in [5.41, 5.74) is 2.51. The lowest BCUT2D eigenvalue weighted by molar-refractivity contribution is -0.697. The van der Waals surface area contributed by atoms with E-state index in [9.17, 15) is 0 Å². The summed E-state index contributed by atoms with van der Waals surface area (Å²) in [6.45, 7) is 9.01. The fourth-order valence-electron chi connectivity index (χ4n) is 5.02. The second-order valence-corrected chi connectivity index (χ2v) is 11.2. The van der Waals surface area contributed by atoms with E-state index in [0.29, 0.717) is 0 Å². The van der Waals surface area contributed by atoms with Crippen LogP contribution in [0.4, 0.5) is 11.4 Å². The van der Waals surface area contributed by atoms with Gasteiger partial charge in [0.25, 0.3) is 0 Å². The Balaban J connectivity index is 1.41. The highest BCUT2D eigenvalue weighted by atomic mass is 14.9. The summed E-state index contributed by atoms with van der Waals surface area (Å²) in [6.07, 6.45) is 33.1. The van der Waals surface area contributed by atoms with Gasteiger partial charge in [0, 0.05) is 61.6 Å². The quantitative estimate of drug-likeness (QED) is 0.100. The van der Waals surface area contributed by atoms with Gasteiger partial charge in [0.2, 0.25) is 0 Å². The van der Waals surface area contributed by atoms with E-state index in [1.807, 2.05) is 0 Å². The molecule has 0 atom stereocenters. The SMILES string of the molecule is CCCCCCCCNc1cc[n+](CCCCCCCC[n+]2ccc(NCCCCCCCC)cc2)cc1. The molecule has 2 aromatic rings. The van der Waals surface area contributed by atoms with Gasteiger partial charge in [-0.25, -0.2) is 9.13 Å². The number of pyridine rings is 2. The minimum absolute atomic E-state index is 1.09. The molecule has 4 nitrogen and oxygen atoms in total. The van der Waals surface area contributed by atoms with Crippen LogP contribution in [-0.2, 0) is 13.1 Å². The van der Waals surface area contributed by atoms with Crippen molar-refractivity contribution in [3.05, 3.63) is 49.1 Å². The normalized spacial score (nSPS) is 11.1. The fraction of sp³-hybridized carbons (Fsp3) is 0.706. The summed E-state index contributed by atoms with van der Waals surface area (Å²) in [7, 11) is 0. The van der Waals surface area contributed by atoms with E-state index in [1.54, 1.807) is 0 Å². The summed E-state index contributed by atoms with van der Waals surface area (Å²) in [5, 5.41) is 7.14. The Morgan fingerprint density at radius 3 is 1.11 bits per heavy atom. The monoisotopic (exact) mass is 524 g/mol. The molecule has 0 aliphatic heterocycles. The van der Waals surface area contributed by atoms with Crippen LogP contribution in [-0.4, -0.2) is 13.1 Å². The zero-order chi connectivity index (χ0) is 26.9.